The van der Waals surface area contributed by atoms with Gasteiger partial charge in [-0.05, 0) is 56.9 Å². The number of amides is 2. The van der Waals surface area contributed by atoms with Gasteiger partial charge in [-0.3, -0.25) is 9.59 Å². The van der Waals surface area contributed by atoms with Crippen LogP contribution in [0.3, 0.4) is 0 Å². The number of benzene rings is 1. The van der Waals surface area contributed by atoms with E-state index in [2.05, 4.69) is 20.1 Å². The highest BCUT2D eigenvalue weighted by Gasteiger charge is 2.37. The Labute approximate surface area is 155 Å². The lowest BCUT2D eigenvalue weighted by molar-refractivity contribution is -0.115. The van der Waals surface area contributed by atoms with Crippen LogP contribution in [0.4, 0.5) is 5.69 Å². The normalized spacial score (nSPS) is 17.7. The second-order valence-corrected chi connectivity index (χ2v) is 8.22. The third-order valence-corrected chi connectivity index (χ3v) is 5.69. The monoisotopic (exact) mass is 371 g/mol. The maximum absolute atomic E-state index is 12.5. The molecule has 0 aliphatic heterocycles. The molecule has 2 aliphatic rings. The molecule has 2 fully saturated rings. The molecule has 0 radical (unpaired) electrons. The predicted octanol–water partition coefficient (Wildman–Crippen LogP) is 2.71. The summed E-state index contributed by atoms with van der Waals surface area (Å²) in [6.07, 6.45) is 4.70. The van der Waals surface area contributed by atoms with Crippen LogP contribution >= 0.6 is 11.8 Å². The number of hydrogen-bond acceptors (Lipinski definition) is 5. The molecule has 1 atom stereocenters. The second-order valence-electron chi connectivity index (χ2n) is 6.91. The lowest BCUT2D eigenvalue weighted by atomic mass is 10.2. The summed E-state index contributed by atoms with van der Waals surface area (Å²) in [4.78, 5) is 23.6. The van der Waals surface area contributed by atoms with Crippen molar-refractivity contribution < 1.29 is 9.59 Å². The summed E-state index contributed by atoms with van der Waals surface area (Å²) in [5.41, 5.74) is 6.27. The zero-order chi connectivity index (χ0) is 18.3. The molecule has 1 aromatic heterocycles. The van der Waals surface area contributed by atoms with Crippen molar-refractivity contribution in [1.29, 1.82) is 0 Å². The number of nitrogens with zero attached hydrogens (tertiary/aromatic N) is 3. The number of carbonyl (C=O) groups is 2. The number of primary amides is 1. The zero-order valence-corrected chi connectivity index (χ0v) is 15.3. The van der Waals surface area contributed by atoms with E-state index >= 15 is 0 Å². The molecule has 2 amide bonds. The Balaban J connectivity index is 1.42. The molecule has 0 spiro atoms. The molecule has 0 bridgehead atoms. The molecular formula is C18H21N5O2S. The van der Waals surface area contributed by atoms with Gasteiger partial charge in [0.2, 0.25) is 11.8 Å². The van der Waals surface area contributed by atoms with E-state index in [1.807, 2.05) is 6.92 Å². The largest absolute Gasteiger partial charge is 0.366 e. The van der Waals surface area contributed by atoms with Crippen molar-refractivity contribution in [3.05, 3.63) is 35.7 Å². The number of hydrogen-bond donors (Lipinski definition) is 2. The van der Waals surface area contributed by atoms with E-state index in [1.165, 1.54) is 24.6 Å². The van der Waals surface area contributed by atoms with Crippen molar-refractivity contribution >= 4 is 29.3 Å². The highest BCUT2D eigenvalue weighted by atomic mass is 32.2. The lowest BCUT2D eigenvalue weighted by Crippen LogP contribution is -2.23. The predicted molar refractivity (Wildman–Crippen MR) is 99.2 cm³/mol. The van der Waals surface area contributed by atoms with Gasteiger partial charge in [0.25, 0.3) is 0 Å². The van der Waals surface area contributed by atoms with Crippen LogP contribution in [-0.2, 0) is 4.79 Å². The standard InChI is InChI=1S/C18H21N5O2S/c1-10(17(25)20-13-6-4-11(5-7-13)15(19)24)26-18-22-21-16(12-2-3-12)23(18)14-8-9-14/h4-7,10,12,14H,2-3,8-9H2,1H3,(H2,19,24)(H,20,25)/t10-/m0/s1. The van der Waals surface area contributed by atoms with Crippen LogP contribution in [-0.4, -0.2) is 31.8 Å². The van der Waals surface area contributed by atoms with Crippen LogP contribution in [0.5, 0.6) is 0 Å². The summed E-state index contributed by atoms with van der Waals surface area (Å²) in [5.74, 6) is 1.04. The van der Waals surface area contributed by atoms with E-state index < -0.39 is 5.91 Å². The first kappa shape index (κ1) is 17.1. The summed E-state index contributed by atoms with van der Waals surface area (Å²) in [5, 5.41) is 12.1. The van der Waals surface area contributed by atoms with Crippen LogP contribution in [0.15, 0.2) is 29.4 Å². The maximum atomic E-state index is 12.5. The van der Waals surface area contributed by atoms with Crippen molar-refractivity contribution in [2.45, 2.75) is 55.0 Å². The van der Waals surface area contributed by atoms with Crippen LogP contribution in [0.25, 0.3) is 0 Å². The lowest BCUT2D eigenvalue weighted by Gasteiger charge is -2.13. The van der Waals surface area contributed by atoms with Gasteiger partial charge in [0.15, 0.2) is 5.16 Å². The molecule has 2 aromatic rings. The van der Waals surface area contributed by atoms with Gasteiger partial charge in [-0.15, -0.1) is 10.2 Å². The summed E-state index contributed by atoms with van der Waals surface area (Å²) >= 11 is 1.44. The van der Waals surface area contributed by atoms with Crippen molar-refractivity contribution in [3.8, 4) is 0 Å². The number of anilines is 1. The molecule has 2 aliphatic carbocycles. The molecule has 2 saturated carbocycles. The van der Waals surface area contributed by atoms with Crippen LogP contribution in [0.1, 0.15) is 60.7 Å². The van der Waals surface area contributed by atoms with Gasteiger partial charge in [-0.1, -0.05) is 11.8 Å². The molecule has 1 aromatic carbocycles. The number of thioether (sulfide) groups is 1. The fourth-order valence-corrected chi connectivity index (χ4v) is 3.76. The highest BCUT2D eigenvalue weighted by molar-refractivity contribution is 8.00. The van der Waals surface area contributed by atoms with Gasteiger partial charge < -0.3 is 15.6 Å². The minimum Gasteiger partial charge on any atom is -0.366 e. The average Bonchev–Trinajstić information content (AvgIpc) is 3.54. The van der Waals surface area contributed by atoms with E-state index in [4.69, 9.17) is 5.73 Å². The minimum atomic E-state index is -0.488. The van der Waals surface area contributed by atoms with E-state index in [9.17, 15) is 9.59 Å². The molecule has 136 valence electrons. The summed E-state index contributed by atoms with van der Waals surface area (Å²) in [7, 11) is 0. The molecule has 4 rings (SSSR count). The first-order valence-electron chi connectivity index (χ1n) is 8.85. The van der Waals surface area contributed by atoms with Crippen LogP contribution < -0.4 is 11.1 Å². The number of aromatic nitrogens is 3. The smallest absolute Gasteiger partial charge is 0.248 e. The zero-order valence-electron chi connectivity index (χ0n) is 14.5. The second kappa shape index (κ2) is 6.75. The topological polar surface area (TPSA) is 103 Å². The van der Waals surface area contributed by atoms with Gasteiger partial charge >= 0.3 is 0 Å². The van der Waals surface area contributed by atoms with Crippen molar-refractivity contribution in [3.63, 3.8) is 0 Å². The van der Waals surface area contributed by atoms with Crippen LogP contribution in [0.2, 0.25) is 0 Å². The van der Waals surface area contributed by atoms with Gasteiger partial charge in [0.05, 0.1) is 5.25 Å². The first-order valence-corrected chi connectivity index (χ1v) is 9.73. The number of nitrogens with two attached hydrogens (primary N) is 1. The van der Waals surface area contributed by atoms with Gasteiger partial charge in [0.1, 0.15) is 5.82 Å². The summed E-state index contributed by atoms with van der Waals surface area (Å²) in [6, 6.07) is 7.04. The Morgan fingerprint density at radius 1 is 1.19 bits per heavy atom. The van der Waals surface area contributed by atoms with E-state index in [1.54, 1.807) is 24.3 Å². The van der Waals surface area contributed by atoms with E-state index in [0.29, 0.717) is 23.2 Å². The quantitative estimate of drug-likeness (QED) is 0.729. The van der Waals surface area contributed by atoms with E-state index in [0.717, 1.165) is 23.8 Å². The molecule has 0 saturated heterocycles. The Morgan fingerprint density at radius 2 is 1.88 bits per heavy atom. The highest BCUT2D eigenvalue weighted by Crippen LogP contribution is 2.46. The van der Waals surface area contributed by atoms with Gasteiger partial charge in [-0.25, -0.2) is 0 Å². The molecule has 26 heavy (non-hydrogen) atoms. The third-order valence-electron chi connectivity index (χ3n) is 4.63. The minimum absolute atomic E-state index is 0.111. The molecular weight excluding hydrogens is 350 g/mol. The van der Waals surface area contributed by atoms with E-state index in [-0.39, 0.29) is 11.2 Å². The fraction of sp³-hybridized carbons (Fsp3) is 0.444. The maximum Gasteiger partial charge on any atom is 0.248 e. The van der Waals surface area contributed by atoms with Crippen molar-refractivity contribution in [1.82, 2.24) is 14.8 Å². The van der Waals surface area contributed by atoms with Crippen molar-refractivity contribution in [2.75, 3.05) is 5.32 Å². The Morgan fingerprint density at radius 3 is 2.46 bits per heavy atom. The molecule has 1 heterocycles. The van der Waals surface area contributed by atoms with Gasteiger partial charge in [0, 0.05) is 23.2 Å². The number of rotatable bonds is 7. The Hall–Kier alpha value is -2.35. The Kier molecular flexibility index (Phi) is 4.44. The molecule has 8 heteroatoms. The Bertz CT molecular complexity index is 840. The number of nitrogens with one attached hydrogen (secondary N) is 1. The molecule has 0 unspecified atom stereocenters. The summed E-state index contributed by atoms with van der Waals surface area (Å²) in [6.45, 7) is 1.86. The first-order chi connectivity index (χ1) is 12.5. The molecule has 7 nitrogen and oxygen atoms in total. The van der Waals surface area contributed by atoms with Gasteiger partial charge in [-0.2, -0.15) is 0 Å². The number of carbonyl (C=O) groups excluding carboxylic acids is 2. The van der Waals surface area contributed by atoms with Crippen molar-refractivity contribution in [2.24, 2.45) is 5.73 Å². The summed E-state index contributed by atoms with van der Waals surface area (Å²) < 4.78 is 2.24. The SMILES string of the molecule is C[C@H](Sc1nnc(C2CC2)n1C1CC1)C(=O)Nc1ccc(C(N)=O)cc1. The average molecular weight is 371 g/mol. The molecule has 3 N–H and O–H groups in total. The van der Waals surface area contributed by atoms with Crippen LogP contribution in [0, 0.1) is 0 Å². The fourth-order valence-electron chi connectivity index (χ4n) is 2.84. The third kappa shape index (κ3) is 3.60.